The highest BCUT2D eigenvalue weighted by Crippen LogP contribution is 2.33. The topological polar surface area (TPSA) is 49.6 Å². The number of aryl methyl sites for hydroxylation is 1. The van der Waals surface area contributed by atoms with Gasteiger partial charge in [0.15, 0.2) is 0 Å². The van der Waals surface area contributed by atoms with Gasteiger partial charge in [0.25, 0.3) is 0 Å². The van der Waals surface area contributed by atoms with Crippen molar-refractivity contribution in [3.63, 3.8) is 0 Å². The molecule has 0 N–H and O–H groups in total. The second-order valence-electron chi connectivity index (χ2n) is 6.82. The summed E-state index contributed by atoms with van der Waals surface area (Å²) in [5.74, 6) is 2.26. The van der Waals surface area contributed by atoms with Crippen LogP contribution >= 0.6 is 0 Å². The molecule has 0 aromatic carbocycles. The third kappa shape index (κ3) is 2.96. The number of likely N-dealkylation sites (tertiary alicyclic amines) is 2. The molecule has 2 aromatic rings. The molecule has 4 rings (SSSR count). The highest BCUT2D eigenvalue weighted by molar-refractivity contribution is 5.77. The van der Waals surface area contributed by atoms with E-state index in [2.05, 4.69) is 20.9 Å². The lowest BCUT2D eigenvalue weighted by atomic mass is 9.95. The fraction of sp³-hybridized carbons (Fsp3) is 0.474. The number of nitrogens with zero attached hydrogens (tertiary/aromatic N) is 3. The van der Waals surface area contributed by atoms with Gasteiger partial charge in [-0.3, -0.25) is 14.7 Å². The number of pyridine rings is 1. The number of hydrogen-bond acceptors (Lipinski definition) is 4. The van der Waals surface area contributed by atoms with Crippen LogP contribution in [0.1, 0.15) is 36.3 Å². The fourth-order valence-electron chi connectivity index (χ4n) is 4.09. The lowest BCUT2D eigenvalue weighted by Gasteiger charge is -2.39. The Hall–Kier alpha value is -2.14. The lowest BCUT2D eigenvalue weighted by Crippen LogP contribution is -2.51. The Bertz CT molecular complexity index is 712. The molecule has 126 valence electrons. The molecule has 0 saturated carbocycles. The molecule has 0 aliphatic carbocycles. The van der Waals surface area contributed by atoms with Gasteiger partial charge in [-0.25, -0.2) is 0 Å². The monoisotopic (exact) mass is 325 g/mol. The van der Waals surface area contributed by atoms with Crippen molar-refractivity contribution in [2.24, 2.45) is 0 Å². The molecule has 2 fully saturated rings. The van der Waals surface area contributed by atoms with Crippen molar-refractivity contribution >= 4 is 5.91 Å². The second kappa shape index (κ2) is 6.40. The van der Waals surface area contributed by atoms with E-state index in [-0.39, 0.29) is 5.91 Å². The third-order valence-electron chi connectivity index (χ3n) is 5.26. The summed E-state index contributed by atoms with van der Waals surface area (Å²) in [7, 11) is 0. The molecule has 2 saturated heterocycles. The van der Waals surface area contributed by atoms with Gasteiger partial charge in [0.05, 0.1) is 6.54 Å². The van der Waals surface area contributed by atoms with Gasteiger partial charge < -0.3 is 9.32 Å². The van der Waals surface area contributed by atoms with E-state index in [0.717, 1.165) is 43.0 Å². The SMILES string of the molecule is Cc1ccc(CN2CC[C@@H]3[C@H]2CCC(=O)N3Cc2ccncc2)o1. The third-order valence-corrected chi connectivity index (χ3v) is 5.26. The molecule has 2 aliphatic heterocycles. The Morgan fingerprint density at radius 1 is 1.12 bits per heavy atom. The predicted molar refractivity (Wildman–Crippen MR) is 90.1 cm³/mol. The number of fused-ring (bicyclic) bond motifs is 1. The number of carbonyl (C=O) groups excluding carboxylic acids is 1. The van der Waals surface area contributed by atoms with Gasteiger partial charge >= 0.3 is 0 Å². The molecular formula is C19H23N3O2. The maximum Gasteiger partial charge on any atom is 0.223 e. The van der Waals surface area contributed by atoms with Crippen LogP contribution in [0.3, 0.4) is 0 Å². The van der Waals surface area contributed by atoms with Crippen LogP contribution < -0.4 is 0 Å². The Balaban J connectivity index is 1.48. The molecule has 5 heteroatoms. The zero-order chi connectivity index (χ0) is 16.5. The number of hydrogen-bond donors (Lipinski definition) is 0. The number of furan rings is 1. The highest BCUT2D eigenvalue weighted by atomic mass is 16.3. The van der Waals surface area contributed by atoms with E-state index in [1.807, 2.05) is 25.1 Å². The van der Waals surface area contributed by atoms with Crippen molar-refractivity contribution in [3.05, 3.63) is 53.7 Å². The van der Waals surface area contributed by atoms with Gasteiger partial charge in [-0.1, -0.05) is 0 Å². The van der Waals surface area contributed by atoms with Crippen LogP contribution in [0.15, 0.2) is 41.1 Å². The van der Waals surface area contributed by atoms with E-state index in [9.17, 15) is 4.79 Å². The van der Waals surface area contributed by atoms with E-state index in [1.165, 1.54) is 0 Å². The normalized spacial score (nSPS) is 24.4. The van der Waals surface area contributed by atoms with Crippen molar-refractivity contribution in [1.82, 2.24) is 14.8 Å². The first kappa shape index (κ1) is 15.4. The Kier molecular flexibility index (Phi) is 4.10. The standard InChI is InChI=1S/C19H23N3O2/c1-14-2-3-16(24-14)13-21-11-8-18-17(21)4-5-19(23)22(18)12-15-6-9-20-10-7-15/h2-3,6-7,9-10,17-18H,4-5,8,11-13H2,1H3/t17-,18-/m1/s1. The van der Waals surface area contributed by atoms with Gasteiger partial charge in [-0.05, 0) is 49.6 Å². The Morgan fingerprint density at radius 2 is 1.96 bits per heavy atom. The van der Waals surface area contributed by atoms with E-state index >= 15 is 0 Å². The Labute approximate surface area is 142 Å². The van der Waals surface area contributed by atoms with Crippen molar-refractivity contribution in [1.29, 1.82) is 0 Å². The molecule has 2 aromatic heterocycles. The maximum absolute atomic E-state index is 12.5. The summed E-state index contributed by atoms with van der Waals surface area (Å²) >= 11 is 0. The van der Waals surface area contributed by atoms with Crippen LogP contribution in [-0.4, -0.2) is 39.3 Å². The molecule has 2 atom stereocenters. The molecule has 4 heterocycles. The summed E-state index contributed by atoms with van der Waals surface area (Å²) in [5.41, 5.74) is 1.15. The van der Waals surface area contributed by atoms with E-state index in [4.69, 9.17) is 4.42 Å². The number of rotatable bonds is 4. The molecule has 5 nitrogen and oxygen atoms in total. The smallest absolute Gasteiger partial charge is 0.223 e. The van der Waals surface area contributed by atoms with Crippen molar-refractivity contribution in [3.8, 4) is 0 Å². The van der Waals surface area contributed by atoms with Crippen LogP contribution in [0.2, 0.25) is 0 Å². The minimum atomic E-state index is 0.281. The molecule has 0 unspecified atom stereocenters. The van der Waals surface area contributed by atoms with Crippen LogP contribution in [0.5, 0.6) is 0 Å². The first-order valence-corrected chi connectivity index (χ1v) is 8.68. The molecule has 2 aliphatic rings. The zero-order valence-corrected chi connectivity index (χ0v) is 14.0. The highest BCUT2D eigenvalue weighted by Gasteiger charge is 2.43. The molecule has 0 bridgehead atoms. The van der Waals surface area contributed by atoms with Gasteiger partial charge in [0.1, 0.15) is 11.5 Å². The summed E-state index contributed by atoms with van der Waals surface area (Å²) in [5, 5.41) is 0. The molecular weight excluding hydrogens is 302 g/mol. The van der Waals surface area contributed by atoms with Crippen molar-refractivity contribution in [2.75, 3.05) is 6.54 Å². The van der Waals surface area contributed by atoms with Crippen molar-refractivity contribution in [2.45, 2.75) is 51.4 Å². The van der Waals surface area contributed by atoms with Gasteiger partial charge in [-0.2, -0.15) is 0 Å². The molecule has 24 heavy (non-hydrogen) atoms. The van der Waals surface area contributed by atoms with Gasteiger partial charge in [0.2, 0.25) is 5.91 Å². The lowest BCUT2D eigenvalue weighted by molar-refractivity contribution is -0.138. The largest absolute Gasteiger partial charge is 0.465 e. The van der Waals surface area contributed by atoms with Crippen molar-refractivity contribution < 1.29 is 9.21 Å². The number of piperidine rings is 1. The van der Waals surface area contributed by atoms with Crippen LogP contribution in [0.4, 0.5) is 0 Å². The van der Waals surface area contributed by atoms with E-state index < -0.39 is 0 Å². The fourth-order valence-corrected chi connectivity index (χ4v) is 4.09. The van der Waals surface area contributed by atoms with Crippen LogP contribution in [0, 0.1) is 6.92 Å². The second-order valence-corrected chi connectivity index (χ2v) is 6.82. The average molecular weight is 325 g/mol. The minimum Gasteiger partial charge on any atom is -0.465 e. The summed E-state index contributed by atoms with van der Waals surface area (Å²) in [6, 6.07) is 8.82. The van der Waals surface area contributed by atoms with Crippen LogP contribution in [0.25, 0.3) is 0 Å². The van der Waals surface area contributed by atoms with Gasteiger partial charge in [-0.15, -0.1) is 0 Å². The van der Waals surface area contributed by atoms with E-state index in [0.29, 0.717) is 25.0 Å². The Morgan fingerprint density at radius 3 is 2.71 bits per heavy atom. The number of carbonyl (C=O) groups is 1. The summed E-state index contributed by atoms with van der Waals surface area (Å²) in [6.45, 7) is 4.53. The number of aromatic nitrogens is 1. The number of amides is 1. The quantitative estimate of drug-likeness (QED) is 0.867. The summed E-state index contributed by atoms with van der Waals surface area (Å²) in [4.78, 5) is 21.1. The van der Waals surface area contributed by atoms with Gasteiger partial charge in [0, 0.05) is 44.0 Å². The molecule has 0 radical (unpaired) electrons. The predicted octanol–water partition coefficient (Wildman–Crippen LogP) is 2.75. The van der Waals surface area contributed by atoms with E-state index in [1.54, 1.807) is 12.4 Å². The minimum absolute atomic E-state index is 0.281. The average Bonchev–Trinajstić information content (AvgIpc) is 3.18. The maximum atomic E-state index is 12.5. The summed E-state index contributed by atoms with van der Waals surface area (Å²) < 4.78 is 5.74. The summed E-state index contributed by atoms with van der Waals surface area (Å²) in [6.07, 6.45) is 6.22. The zero-order valence-electron chi connectivity index (χ0n) is 14.0. The first-order chi connectivity index (χ1) is 11.7. The van der Waals surface area contributed by atoms with Crippen LogP contribution in [-0.2, 0) is 17.9 Å². The molecule has 1 amide bonds. The molecule has 0 spiro atoms. The first-order valence-electron chi connectivity index (χ1n) is 8.68.